The van der Waals surface area contributed by atoms with Gasteiger partial charge in [0.2, 0.25) is 0 Å². The number of ether oxygens (including phenoxy) is 1. The van der Waals surface area contributed by atoms with Gasteiger partial charge in [-0.25, -0.2) is 4.79 Å². The van der Waals surface area contributed by atoms with Crippen LogP contribution in [0, 0.1) is 0 Å². The quantitative estimate of drug-likeness (QED) is 0.477. The third-order valence-corrected chi connectivity index (χ3v) is 6.12. The molecule has 0 aliphatic heterocycles. The molecule has 0 fully saturated rings. The number of aromatic nitrogens is 1. The lowest BCUT2D eigenvalue weighted by Gasteiger charge is -2.16. The number of carbonyl (C=O) groups is 1. The number of rotatable bonds is 6. The van der Waals surface area contributed by atoms with E-state index < -0.39 is 12.2 Å². The van der Waals surface area contributed by atoms with E-state index >= 15 is 0 Å². The Bertz CT molecular complexity index is 1330. The molecule has 1 unspecified atom stereocenters. The summed E-state index contributed by atoms with van der Waals surface area (Å²) < 4.78 is 6.94. The van der Waals surface area contributed by atoms with Gasteiger partial charge in [0.05, 0.1) is 12.6 Å². The van der Waals surface area contributed by atoms with Crippen LogP contribution in [-0.4, -0.2) is 35.0 Å². The highest BCUT2D eigenvalue weighted by Gasteiger charge is 2.29. The number of hydrogen-bond acceptors (Lipinski definition) is 4. The van der Waals surface area contributed by atoms with E-state index in [1.807, 2.05) is 48.5 Å². The summed E-state index contributed by atoms with van der Waals surface area (Å²) in [5.74, 6) is -0.0238. The number of hydrogen-bond donors (Lipinski definition) is 2. The summed E-state index contributed by atoms with van der Waals surface area (Å²) in [7, 11) is 0. The van der Waals surface area contributed by atoms with Gasteiger partial charge in [0.15, 0.2) is 0 Å². The lowest BCUT2D eigenvalue weighted by atomic mass is 9.98. The molecule has 6 nitrogen and oxygen atoms in total. The molecule has 6 heteroatoms. The summed E-state index contributed by atoms with van der Waals surface area (Å²) >= 11 is 0. The van der Waals surface area contributed by atoms with Crippen molar-refractivity contribution in [1.82, 2.24) is 9.88 Å². The van der Waals surface area contributed by atoms with Gasteiger partial charge in [-0.2, -0.15) is 0 Å². The highest BCUT2D eigenvalue weighted by molar-refractivity contribution is 5.81. The smallest absolute Gasteiger partial charge is 0.407 e. The van der Waals surface area contributed by atoms with E-state index in [0.717, 1.165) is 16.5 Å². The molecule has 0 radical (unpaired) electrons. The third-order valence-electron chi connectivity index (χ3n) is 6.12. The molecule has 33 heavy (non-hydrogen) atoms. The zero-order valence-corrected chi connectivity index (χ0v) is 18.0. The van der Waals surface area contributed by atoms with E-state index in [-0.39, 0.29) is 31.2 Å². The maximum Gasteiger partial charge on any atom is 0.407 e. The van der Waals surface area contributed by atoms with Gasteiger partial charge in [-0.1, -0.05) is 66.7 Å². The maximum atomic E-state index is 12.6. The molecule has 1 amide bonds. The van der Waals surface area contributed by atoms with E-state index in [1.54, 1.807) is 12.3 Å². The maximum absolute atomic E-state index is 12.6. The number of benzene rings is 3. The Balaban J connectivity index is 1.18. The molecule has 2 N–H and O–H groups in total. The van der Waals surface area contributed by atoms with Crippen LogP contribution in [-0.2, 0) is 11.3 Å². The first-order chi connectivity index (χ1) is 16.1. The van der Waals surface area contributed by atoms with Crippen LogP contribution < -0.4 is 10.9 Å². The molecule has 1 heterocycles. The molecule has 166 valence electrons. The summed E-state index contributed by atoms with van der Waals surface area (Å²) in [5, 5.41) is 14.4. The zero-order valence-electron chi connectivity index (χ0n) is 18.0. The Morgan fingerprint density at radius 3 is 2.30 bits per heavy atom. The molecule has 0 saturated carbocycles. The lowest BCUT2D eigenvalue weighted by Crippen LogP contribution is -2.37. The van der Waals surface area contributed by atoms with Gasteiger partial charge in [-0.05, 0) is 39.8 Å². The van der Waals surface area contributed by atoms with Gasteiger partial charge in [0.1, 0.15) is 6.61 Å². The Kier molecular flexibility index (Phi) is 5.67. The molecule has 0 saturated heterocycles. The first-order valence-corrected chi connectivity index (χ1v) is 11.0. The molecule has 1 aromatic heterocycles. The monoisotopic (exact) mass is 440 g/mol. The number of fused-ring (bicyclic) bond motifs is 4. The van der Waals surface area contributed by atoms with Gasteiger partial charge >= 0.3 is 6.09 Å². The summed E-state index contributed by atoms with van der Waals surface area (Å²) in [6.45, 7) is 0.267. The van der Waals surface area contributed by atoms with Gasteiger partial charge in [0.25, 0.3) is 5.56 Å². The van der Waals surface area contributed by atoms with Crippen LogP contribution in [0.15, 0.2) is 89.9 Å². The fourth-order valence-corrected chi connectivity index (χ4v) is 4.52. The SMILES string of the molecule is O=C(NCC(O)Cn1ccc2ccccc2c1=O)OCC1c2ccccc2-c2ccccc21. The highest BCUT2D eigenvalue weighted by Crippen LogP contribution is 2.44. The molecule has 5 rings (SSSR count). The summed E-state index contributed by atoms with van der Waals surface area (Å²) in [6.07, 6.45) is 0.132. The molecule has 0 spiro atoms. The van der Waals surface area contributed by atoms with Crippen LogP contribution in [0.1, 0.15) is 17.0 Å². The largest absolute Gasteiger partial charge is 0.449 e. The Hall–Kier alpha value is -3.90. The van der Waals surface area contributed by atoms with Crippen molar-refractivity contribution in [1.29, 1.82) is 0 Å². The topological polar surface area (TPSA) is 80.6 Å². The van der Waals surface area contributed by atoms with Crippen LogP contribution in [0.3, 0.4) is 0 Å². The van der Waals surface area contributed by atoms with Crippen molar-refractivity contribution in [3.8, 4) is 11.1 Å². The normalized spacial score (nSPS) is 13.4. The minimum Gasteiger partial charge on any atom is -0.449 e. The second-order valence-electron chi connectivity index (χ2n) is 8.22. The van der Waals surface area contributed by atoms with Gasteiger partial charge in [-0.3, -0.25) is 4.79 Å². The minimum absolute atomic E-state index is 0.0179. The molecule has 1 atom stereocenters. The van der Waals surface area contributed by atoms with Crippen LogP contribution in [0.5, 0.6) is 0 Å². The van der Waals surface area contributed by atoms with E-state index in [0.29, 0.717) is 5.39 Å². The Labute approximate surface area is 191 Å². The van der Waals surface area contributed by atoms with E-state index in [1.165, 1.54) is 15.7 Å². The van der Waals surface area contributed by atoms with Gasteiger partial charge < -0.3 is 19.7 Å². The number of carbonyl (C=O) groups excluding carboxylic acids is 1. The van der Waals surface area contributed by atoms with Crippen molar-refractivity contribution in [2.75, 3.05) is 13.2 Å². The van der Waals surface area contributed by atoms with Crippen molar-refractivity contribution in [2.24, 2.45) is 0 Å². The number of amides is 1. The number of pyridine rings is 1. The fourth-order valence-electron chi connectivity index (χ4n) is 4.52. The average molecular weight is 440 g/mol. The van der Waals surface area contributed by atoms with Crippen molar-refractivity contribution in [2.45, 2.75) is 18.6 Å². The van der Waals surface area contributed by atoms with E-state index in [9.17, 15) is 14.7 Å². The van der Waals surface area contributed by atoms with Crippen LogP contribution in [0.2, 0.25) is 0 Å². The summed E-state index contributed by atoms with van der Waals surface area (Å²) in [5.41, 5.74) is 4.44. The number of aliphatic hydroxyl groups excluding tert-OH is 1. The minimum atomic E-state index is -0.927. The van der Waals surface area contributed by atoms with Crippen LogP contribution >= 0.6 is 0 Å². The van der Waals surface area contributed by atoms with Crippen LogP contribution in [0.4, 0.5) is 4.79 Å². The second kappa shape index (κ2) is 8.92. The number of nitrogens with zero attached hydrogens (tertiary/aromatic N) is 1. The third kappa shape index (κ3) is 4.13. The molecular weight excluding hydrogens is 416 g/mol. The predicted molar refractivity (Wildman–Crippen MR) is 127 cm³/mol. The standard InChI is InChI=1S/C27H24N2O4/c30-19(16-29-14-13-18-7-1-2-8-20(18)26(29)31)15-28-27(32)33-17-25-23-11-5-3-9-21(23)22-10-4-6-12-24(22)25/h1-14,19,25,30H,15-17H2,(H,28,32). The van der Waals surface area contributed by atoms with Crippen molar-refractivity contribution in [3.05, 3.63) is 107 Å². The highest BCUT2D eigenvalue weighted by atomic mass is 16.5. The summed E-state index contributed by atoms with van der Waals surface area (Å²) in [6, 6.07) is 25.4. The number of aliphatic hydroxyl groups is 1. The molecular formula is C27H24N2O4. The Morgan fingerprint density at radius 2 is 1.58 bits per heavy atom. The van der Waals surface area contributed by atoms with Crippen LogP contribution in [0.25, 0.3) is 21.9 Å². The van der Waals surface area contributed by atoms with E-state index in [4.69, 9.17) is 4.74 Å². The van der Waals surface area contributed by atoms with Crippen molar-refractivity contribution >= 4 is 16.9 Å². The lowest BCUT2D eigenvalue weighted by molar-refractivity contribution is 0.122. The summed E-state index contributed by atoms with van der Waals surface area (Å²) in [4.78, 5) is 24.9. The Morgan fingerprint density at radius 1 is 0.939 bits per heavy atom. The average Bonchev–Trinajstić information content (AvgIpc) is 3.17. The van der Waals surface area contributed by atoms with E-state index in [2.05, 4.69) is 29.6 Å². The second-order valence-corrected chi connectivity index (χ2v) is 8.22. The molecule has 3 aromatic carbocycles. The first kappa shape index (κ1) is 21.0. The molecule has 0 bridgehead atoms. The van der Waals surface area contributed by atoms with Crippen molar-refractivity contribution < 1.29 is 14.6 Å². The molecule has 1 aliphatic carbocycles. The zero-order chi connectivity index (χ0) is 22.8. The molecule has 4 aromatic rings. The number of nitrogens with one attached hydrogen (secondary N) is 1. The fraction of sp³-hybridized carbons (Fsp3) is 0.185. The number of alkyl carbamates (subject to hydrolysis) is 1. The van der Waals surface area contributed by atoms with Gasteiger partial charge in [-0.15, -0.1) is 0 Å². The van der Waals surface area contributed by atoms with Crippen molar-refractivity contribution in [3.63, 3.8) is 0 Å². The predicted octanol–water partition coefficient (Wildman–Crippen LogP) is 3.90. The molecule has 1 aliphatic rings. The first-order valence-electron chi connectivity index (χ1n) is 11.0. The van der Waals surface area contributed by atoms with Gasteiger partial charge in [0, 0.05) is 24.0 Å².